The van der Waals surface area contributed by atoms with Gasteiger partial charge in [0.25, 0.3) is 5.56 Å². The van der Waals surface area contributed by atoms with Gasteiger partial charge in [-0.15, -0.1) is 0 Å². The quantitative estimate of drug-likeness (QED) is 0.470. The summed E-state index contributed by atoms with van der Waals surface area (Å²) in [7, 11) is 1.57. The van der Waals surface area contributed by atoms with Crippen LogP contribution in [0.5, 0.6) is 0 Å². The molecule has 0 aliphatic rings. The van der Waals surface area contributed by atoms with Crippen molar-refractivity contribution in [1.29, 1.82) is 0 Å². The molecule has 3 aromatic rings. The maximum atomic E-state index is 12.7. The number of pyridine rings is 1. The molecule has 1 N–H and O–H groups in total. The van der Waals surface area contributed by atoms with Crippen molar-refractivity contribution >= 4 is 28.7 Å². The van der Waals surface area contributed by atoms with Crippen LogP contribution in [-0.4, -0.2) is 39.9 Å². The standard InChI is InChI=1S/C17H18N4O4S/c1-24-9-7-21-16(23)13-5-2-6-18-15(13)20-17(21)26-11-14(22)19-10-12-4-3-8-25-12/h2-6,8H,7,9-11H2,1H3,(H,19,22). The van der Waals surface area contributed by atoms with Crippen LogP contribution in [0.25, 0.3) is 11.0 Å². The van der Waals surface area contributed by atoms with Crippen molar-refractivity contribution in [3.8, 4) is 0 Å². The van der Waals surface area contributed by atoms with Gasteiger partial charge in [-0.25, -0.2) is 9.97 Å². The van der Waals surface area contributed by atoms with Crippen molar-refractivity contribution in [2.75, 3.05) is 19.5 Å². The summed E-state index contributed by atoms with van der Waals surface area (Å²) in [6.07, 6.45) is 3.13. The van der Waals surface area contributed by atoms with E-state index in [0.29, 0.717) is 41.6 Å². The minimum atomic E-state index is -0.196. The molecule has 3 heterocycles. The van der Waals surface area contributed by atoms with Gasteiger partial charge in [-0.1, -0.05) is 11.8 Å². The fraction of sp³-hybridized carbons (Fsp3) is 0.294. The molecule has 0 radical (unpaired) electrons. The van der Waals surface area contributed by atoms with E-state index in [9.17, 15) is 9.59 Å². The number of carbonyl (C=O) groups excluding carboxylic acids is 1. The maximum Gasteiger partial charge on any atom is 0.263 e. The van der Waals surface area contributed by atoms with Crippen LogP contribution in [-0.2, 0) is 22.6 Å². The summed E-state index contributed by atoms with van der Waals surface area (Å²) in [4.78, 5) is 33.3. The van der Waals surface area contributed by atoms with E-state index < -0.39 is 0 Å². The number of amides is 1. The summed E-state index contributed by atoms with van der Waals surface area (Å²) >= 11 is 1.19. The highest BCUT2D eigenvalue weighted by atomic mass is 32.2. The van der Waals surface area contributed by atoms with Crippen LogP contribution < -0.4 is 10.9 Å². The second kappa shape index (κ2) is 8.63. The van der Waals surface area contributed by atoms with Gasteiger partial charge in [0.15, 0.2) is 10.8 Å². The number of hydrogen-bond acceptors (Lipinski definition) is 7. The smallest absolute Gasteiger partial charge is 0.263 e. The first-order valence-corrected chi connectivity index (χ1v) is 8.94. The Labute approximate surface area is 153 Å². The highest BCUT2D eigenvalue weighted by Gasteiger charge is 2.14. The van der Waals surface area contributed by atoms with Gasteiger partial charge < -0.3 is 14.5 Å². The van der Waals surface area contributed by atoms with Crippen molar-refractivity contribution < 1.29 is 13.9 Å². The van der Waals surface area contributed by atoms with Crippen molar-refractivity contribution in [3.63, 3.8) is 0 Å². The summed E-state index contributed by atoms with van der Waals surface area (Å²) in [5.41, 5.74) is 0.170. The third kappa shape index (κ3) is 4.30. The van der Waals surface area contributed by atoms with Crippen molar-refractivity contribution in [2.24, 2.45) is 0 Å². The van der Waals surface area contributed by atoms with Crippen LogP contribution in [0.1, 0.15) is 5.76 Å². The summed E-state index contributed by atoms with van der Waals surface area (Å²) in [5.74, 6) is 0.617. The van der Waals surface area contributed by atoms with E-state index in [2.05, 4.69) is 15.3 Å². The third-order valence-corrected chi connectivity index (χ3v) is 4.56. The van der Waals surface area contributed by atoms with E-state index in [1.807, 2.05) is 0 Å². The van der Waals surface area contributed by atoms with E-state index >= 15 is 0 Å². The lowest BCUT2D eigenvalue weighted by Crippen LogP contribution is -2.27. The number of thioether (sulfide) groups is 1. The third-order valence-electron chi connectivity index (χ3n) is 3.59. The van der Waals surface area contributed by atoms with Gasteiger partial charge in [0, 0.05) is 13.3 Å². The molecule has 3 aromatic heterocycles. The molecule has 136 valence electrons. The number of hydrogen-bond donors (Lipinski definition) is 1. The summed E-state index contributed by atoms with van der Waals surface area (Å²) in [6.45, 7) is 1.03. The monoisotopic (exact) mass is 374 g/mol. The van der Waals surface area contributed by atoms with Gasteiger partial charge in [-0.3, -0.25) is 14.2 Å². The zero-order valence-electron chi connectivity index (χ0n) is 14.2. The van der Waals surface area contributed by atoms with Gasteiger partial charge in [-0.2, -0.15) is 0 Å². The van der Waals surface area contributed by atoms with Gasteiger partial charge in [-0.05, 0) is 24.3 Å². The second-order valence-electron chi connectivity index (χ2n) is 5.36. The zero-order valence-corrected chi connectivity index (χ0v) is 15.0. The fourth-order valence-corrected chi connectivity index (χ4v) is 3.15. The first kappa shape index (κ1) is 18.2. The molecule has 0 atom stereocenters. The van der Waals surface area contributed by atoms with E-state index in [4.69, 9.17) is 9.15 Å². The first-order chi connectivity index (χ1) is 12.7. The van der Waals surface area contributed by atoms with Crippen LogP contribution in [0.15, 0.2) is 51.1 Å². The lowest BCUT2D eigenvalue weighted by molar-refractivity contribution is -0.118. The van der Waals surface area contributed by atoms with Crippen LogP contribution in [0.3, 0.4) is 0 Å². The number of nitrogens with zero attached hydrogens (tertiary/aromatic N) is 3. The number of rotatable bonds is 8. The van der Waals surface area contributed by atoms with E-state index in [1.54, 1.807) is 43.8 Å². The molecular formula is C17H18N4O4S. The highest BCUT2D eigenvalue weighted by Crippen LogP contribution is 2.16. The lowest BCUT2D eigenvalue weighted by Gasteiger charge is -2.12. The molecule has 26 heavy (non-hydrogen) atoms. The Bertz CT molecular complexity index is 940. The Morgan fingerprint density at radius 2 is 2.27 bits per heavy atom. The Morgan fingerprint density at radius 1 is 1.38 bits per heavy atom. The summed E-state index contributed by atoms with van der Waals surface area (Å²) in [5, 5.41) is 3.64. The molecule has 0 aliphatic heterocycles. The minimum Gasteiger partial charge on any atom is -0.467 e. The van der Waals surface area contributed by atoms with Crippen molar-refractivity contribution in [3.05, 3.63) is 52.8 Å². The number of fused-ring (bicyclic) bond motifs is 1. The Kier molecular flexibility index (Phi) is 6.03. The molecule has 0 aliphatic carbocycles. The van der Waals surface area contributed by atoms with Gasteiger partial charge >= 0.3 is 0 Å². The maximum absolute atomic E-state index is 12.7. The predicted molar refractivity (Wildman–Crippen MR) is 97.0 cm³/mol. The molecule has 0 unspecified atom stereocenters. The number of methoxy groups -OCH3 is 1. The Morgan fingerprint density at radius 3 is 3.04 bits per heavy atom. The predicted octanol–water partition coefficient (Wildman–Crippen LogP) is 1.44. The number of nitrogens with one attached hydrogen (secondary N) is 1. The second-order valence-corrected chi connectivity index (χ2v) is 6.31. The molecule has 0 saturated carbocycles. The van der Waals surface area contributed by atoms with Crippen LogP contribution in [0.4, 0.5) is 0 Å². The molecule has 9 heteroatoms. The number of carbonyl (C=O) groups is 1. The molecular weight excluding hydrogens is 356 g/mol. The van der Waals surface area contributed by atoms with Gasteiger partial charge in [0.2, 0.25) is 5.91 Å². The molecule has 1 amide bonds. The Balaban J connectivity index is 1.74. The van der Waals surface area contributed by atoms with Crippen molar-refractivity contribution in [1.82, 2.24) is 19.9 Å². The number of furan rings is 1. The largest absolute Gasteiger partial charge is 0.467 e. The zero-order chi connectivity index (χ0) is 18.4. The topological polar surface area (TPSA) is 99.2 Å². The average molecular weight is 374 g/mol. The van der Waals surface area contributed by atoms with Crippen LogP contribution in [0.2, 0.25) is 0 Å². The average Bonchev–Trinajstić information content (AvgIpc) is 3.18. The van der Waals surface area contributed by atoms with Gasteiger partial charge in [0.1, 0.15) is 5.76 Å². The first-order valence-electron chi connectivity index (χ1n) is 7.95. The van der Waals surface area contributed by atoms with E-state index in [0.717, 1.165) is 0 Å². The molecule has 8 nitrogen and oxygen atoms in total. The van der Waals surface area contributed by atoms with Crippen LogP contribution in [0, 0.1) is 0 Å². The SMILES string of the molecule is COCCn1c(SCC(=O)NCc2ccco2)nc2ncccc2c1=O. The van der Waals surface area contributed by atoms with Crippen LogP contribution >= 0.6 is 11.8 Å². The lowest BCUT2D eigenvalue weighted by atomic mass is 10.3. The number of aromatic nitrogens is 3. The molecule has 0 spiro atoms. The molecule has 0 fully saturated rings. The number of ether oxygens (including phenoxy) is 1. The summed E-state index contributed by atoms with van der Waals surface area (Å²) < 4.78 is 11.8. The van der Waals surface area contributed by atoms with Gasteiger partial charge in [0.05, 0.1) is 37.1 Å². The Hall–Kier alpha value is -2.65. The molecule has 3 rings (SSSR count). The fourth-order valence-electron chi connectivity index (χ4n) is 2.31. The van der Waals surface area contributed by atoms with E-state index in [1.165, 1.54) is 16.3 Å². The highest BCUT2D eigenvalue weighted by molar-refractivity contribution is 7.99. The molecule has 0 bridgehead atoms. The van der Waals surface area contributed by atoms with E-state index in [-0.39, 0.29) is 17.2 Å². The molecule has 0 saturated heterocycles. The normalized spacial score (nSPS) is 11.0. The summed E-state index contributed by atoms with van der Waals surface area (Å²) in [6, 6.07) is 6.93. The minimum absolute atomic E-state index is 0.123. The molecule has 0 aromatic carbocycles. The van der Waals surface area contributed by atoms with Crippen molar-refractivity contribution in [2.45, 2.75) is 18.2 Å².